The molecule has 0 saturated heterocycles. The number of para-hydroxylation sites is 1. The van der Waals surface area contributed by atoms with Crippen LogP contribution in [0.2, 0.25) is 0 Å². The zero-order valence-electron chi connectivity index (χ0n) is 15.8. The van der Waals surface area contributed by atoms with E-state index in [1.54, 1.807) is 39.0 Å². The number of nitrogens with one attached hydrogen (secondary N) is 2. The van der Waals surface area contributed by atoms with Crippen LogP contribution in [0.4, 0.5) is 4.79 Å². The van der Waals surface area contributed by atoms with Gasteiger partial charge in [0, 0.05) is 6.54 Å². The van der Waals surface area contributed by atoms with Crippen LogP contribution >= 0.6 is 0 Å². The van der Waals surface area contributed by atoms with E-state index < -0.39 is 36.1 Å². The monoisotopic (exact) mass is 380 g/mol. The van der Waals surface area contributed by atoms with Crippen LogP contribution in [0, 0.1) is 0 Å². The van der Waals surface area contributed by atoms with Gasteiger partial charge < -0.3 is 19.5 Å². The predicted molar refractivity (Wildman–Crippen MR) is 95.3 cm³/mol. The molecule has 0 unspecified atom stereocenters. The molecule has 148 valence electrons. The number of carbonyl (C=O) groups is 4. The van der Waals surface area contributed by atoms with Crippen LogP contribution in [-0.2, 0) is 19.1 Å². The first-order valence-corrected chi connectivity index (χ1v) is 8.22. The van der Waals surface area contributed by atoms with E-state index in [0.717, 1.165) is 0 Å². The standard InChI is InChI=1S/C18H24N2O7/c1-18(2,3)27-17(24)19-10-9-15(22)26-11-14(21)20-16(23)12-7-5-6-8-13(12)25-4/h5-8H,9-11H2,1-4H3,(H,19,24)(H,20,21,23). The fourth-order valence-corrected chi connectivity index (χ4v) is 1.86. The first-order valence-electron chi connectivity index (χ1n) is 8.22. The second-order valence-corrected chi connectivity index (χ2v) is 6.42. The van der Waals surface area contributed by atoms with E-state index in [4.69, 9.17) is 14.2 Å². The lowest BCUT2D eigenvalue weighted by molar-refractivity contribution is -0.148. The van der Waals surface area contributed by atoms with Crippen LogP contribution in [0.25, 0.3) is 0 Å². The molecule has 0 atom stereocenters. The molecular weight excluding hydrogens is 356 g/mol. The Balaban J connectivity index is 2.32. The van der Waals surface area contributed by atoms with Crippen LogP contribution < -0.4 is 15.4 Å². The van der Waals surface area contributed by atoms with Crippen LogP contribution in [0.3, 0.4) is 0 Å². The largest absolute Gasteiger partial charge is 0.496 e. The van der Waals surface area contributed by atoms with E-state index in [-0.39, 0.29) is 18.5 Å². The lowest BCUT2D eigenvalue weighted by Gasteiger charge is -2.19. The molecule has 9 nitrogen and oxygen atoms in total. The summed E-state index contributed by atoms with van der Waals surface area (Å²) in [4.78, 5) is 46.7. The van der Waals surface area contributed by atoms with Crippen LogP contribution in [0.1, 0.15) is 37.6 Å². The summed E-state index contributed by atoms with van der Waals surface area (Å²) in [6.45, 7) is 4.52. The van der Waals surface area contributed by atoms with Gasteiger partial charge in [-0.3, -0.25) is 19.7 Å². The van der Waals surface area contributed by atoms with E-state index in [9.17, 15) is 19.2 Å². The minimum Gasteiger partial charge on any atom is -0.496 e. The average Bonchev–Trinajstić information content (AvgIpc) is 2.58. The van der Waals surface area contributed by atoms with Gasteiger partial charge in [-0.2, -0.15) is 0 Å². The summed E-state index contributed by atoms with van der Waals surface area (Å²) >= 11 is 0. The highest BCUT2D eigenvalue weighted by molar-refractivity contribution is 6.06. The van der Waals surface area contributed by atoms with Gasteiger partial charge in [0.2, 0.25) is 0 Å². The minimum atomic E-state index is -0.778. The quantitative estimate of drug-likeness (QED) is 0.686. The molecule has 1 aromatic carbocycles. The maximum absolute atomic E-state index is 12.0. The molecule has 0 saturated carbocycles. The number of hydrogen-bond donors (Lipinski definition) is 2. The number of carbonyl (C=O) groups excluding carboxylic acids is 4. The summed E-state index contributed by atoms with van der Waals surface area (Å²) in [6.07, 6.45) is -0.803. The smallest absolute Gasteiger partial charge is 0.407 e. The van der Waals surface area contributed by atoms with Gasteiger partial charge in [0.15, 0.2) is 6.61 Å². The molecule has 0 heterocycles. The fourth-order valence-electron chi connectivity index (χ4n) is 1.86. The number of ether oxygens (including phenoxy) is 3. The Hall–Kier alpha value is -3.10. The van der Waals surface area contributed by atoms with Crippen LogP contribution in [-0.4, -0.2) is 49.7 Å². The second kappa shape index (κ2) is 10.1. The molecule has 0 aliphatic carbocycles. The first-order chi connectivity index (χ1) is 12.6. The maximum Gasteiger partial charge on any atom is 0.407 e. The molecule has 1 rings (SSSR count). The van der Waals surface area contributed by atoms with Crippen molar-refractivity contribution in [1.82, 2.24) is 10.6 Å². The van der Waals surface area contributed by atoms with Gasteiger partial charge in [-0.15, -0.1) is 0 Å². The predicted octanol–water partition coefficient (Wildman–Crippen LogP) is 1.41. The minimum absolute atomic E-state index is 0.00445. The van der Waals surface area contributed by atoms with Crippen LogP contribution in [0.15, 0.2) is 24.3 Å². The highest BCUT2D eigenvalue weighted by atomic mass is 16.6. The van der Waals surface area contributed by atoms with Gasteiger partial charge in [0.1, 0.15) is 11.4 Å². The first kappa shape index (κ1) is 21.9. The maximum atomic E-state index is 12.0. The van der Waals surface area contributed by atoms with Gasteiger partial charge in [-0.05, 0) is 32.9 Å². The number of rotatable bonds is 7. The molecule has 0 bridgehead atoms. The normalized spacial score (nSPS) is 10.5. The molecule has 3 amide bonds. The molecule has 0 aromatic heterocycles. The van der Waals surface area contributed by atoms with Gasteiger partial charge in [0.25, 0.3) is 11.8 Å². The summed E-state index contributed by atoms with van der Waals surface area (Å²) < 4.78 is 14.8. The Bertz CT molecular complexity index is 695. The Labute approximate surface area is 157 Å². The van der Waals surface area contributed by atoms with Gasteiger partial charge in [0.05, 0.1) is 19.1 Å². The molecule has 0 fully saturated rings. The molecule has 0 aliphatic rings. The summed E-state index contributed by atoms with van der Waals surface area (Å²) in [5.41, 5.74) is -0.461. The molecule has 27 heavy (non-hydrogen) atoms. The highest BCUT2D eigenvalue weighted by Gasteiger charge is 2.17. The molecule has 1 aromatic rings. The van der Waals surface area contributed by atoms with Crippen molar-refractivity contribution < 1.29 is 33.4 Å². The van der Waals surface area contributed by atoms with Gasteiger partial charge in [-0.1, -0.05) is 12.1 Å². The SMILES string of the molecule is COc1ccccc1C(=O)NC(=O)COC(=O)CCNC(=O)OC(C)(C)C. The lowest BCUT2D eigenvalue weighted by Crippen LogP contribution is -2.35. The summed E-state index contributed by atoms with van der Waals surface area (Å²) in [5.74, 6) is -1.83. The Morgan fingerprint density at radius 2 is 1.74 bits per heavy atom. The van der Waals surface area contributed by atoms with Crippen molar-refractivity contribution in [2.24, 2.45) is 0 Å². The van der Waals surface area contributed by atoms with E-state index in [2.05, 4.69) is 10.6 Å². The fraction of sp³-hybridized carbons (Fsp3) is 0.444. The second-order valence-electron chi connectivity index (χ2n) is 6.42. The van der Waals surface area contributed by atoms with Crippen molar-refractivity contribution in [3.8, 4) is 5.75 Å². The highest BCUT2D eigenvalue weighted by Crippen LogP contribution is 2.16. The van der Waals surface area contributed by atoms with E-state index >= 15 is 0 Å². The lowest BCUT2D eigenvalue weighted by atomic mass is 10.2. The van der Waals surface area contributed by atoms with Gasteiger partial charge >= 0.3 is 12.1 Å². The number of esters is 1. The Morgan fingerprint density at radius 1 is 1.07 bits per heavy atom. The Kier molecular flexibility index (Phi) is 8.25. The van der Waals surface area contributed by atoms with Crippen LogP contribution in [0.5, 0.6) is 5.75 Å². The number of imide groups is 1. The van der Waals surface area contributed by atoms with Gasteiger partial charge in [-0.25, -0.2) is 4.79 Å². The van der Waals surface area contributed by atoms with Crippen molar-refractivity contribution in [2.45, 2.75) is 32.8 Å². The van der Waals surface area contributed by atoms with E-state index in [1.165, 1.54) is 13.2 Å². The molecule has 0 aliphatic heterocycles. The molecule has 0 spiro atoms. The number of alkyl carbamates (subject to hydrolysis) is 1. The third-order valence-corrected chi connectivity index (χ3v) is 2.97. The third kappa shape index (κ3) is 8.70. The summed E-state index contributed by atoms with van der Waals surface area (Å²) in [6, 6.07) is 6.39. The van der Waals surface area contributed by atoms with E-state index in [0.29, 0.717) is 5.75 Å². The molecule has 9 heteroatoms. The summed E-state index contributed by atoms with van der Waals surface area (Å²) in [5, 5.41) is 4.50. The zero-order valence-corrected chi connectivity index (χ0v) is 15.8. The van der Waals surface area contributed by atoms with E-state index in [1.807, 2.05) is 0 Å². The average molecular weight is 380 g/mol. The zero-order chi connectivity index (χ0) is 20.4. The van der Waals surface area contributed by atoms with Crippen molar-refractivity contribution in [2.75, 3.05) is 20.3 Å². The topological polar surface area (TPSA) is 120 Å². The molecule has 0 radical (unpaired) electrons. The summed E-state index contributed by atoms with van der Waals surface area (Å²) in [7, 11) is 1.40. The molecule has 2 N–H and O–H groups in total. The van der Waals surface area contributed by atoms with Crippen molar-refractivity contribution in [1.29, 1.82) is 0 Å². The van der Waals surface area contributed by atoms with Crippen molar-refractivity contribution in [3.63, 3.8) is 0 Å². The number of methoxy groups -OCH3 is 1. The number of amides is 3. The van der Waals surface area contributed by atoms with Crippen molar-refractivity contribution >= 4 is 23.9 Å². The third-order valence-electron chi connectivity index (χ3n) is 2.97. The molecular formula is C18H24N2O7. The van der Waals surface area contributed by atoms with Crippen molar-refractivity contribution in [3.05, 3.63) is 29.8 Å². The number of benzene rings is 1. The Morgan fingerprint density at radius 3 is 2.37 bits per heavy atom. The number of hydrogen-bond acceptors (Lipinski definition) is 7.